The van der Waals surface area contributed by atoms with E-state index >= 15 is 0 Å². The van der Waals surface area contributed by atoms with Crippen LogP contribution in [-0.2, 0) is 28.8 Å². The van der Waals surface area contributed by atoms with Crippen LogP contribution in [0.1, 0.15) is 33.1 Å². The molecule has 0 fully saturated rings. The maximum absolute atomic E-state index is 12.3. The summed E-state index contributed by atoms with van der Waals surface area (Å²) >= 11 is 0. The van der Waals surface area contributed by atoms with Crippen molar-refractivity contribution in [1.82, 2.24) is 16.0 Å². The molecule has 0 bridgehead atoms. The number of hydrogen-bond acceptors (Lipinski definition) is 7. The molecular weight excluding hydrogens is 380 g/mol. The van der Waals surface area contributed by atoms with Crippen LogP contribution in [-0.4, -0.2) is 75.1 Å². The fourth-order valence-corrected chi connectivity index (χ4v) is 1.87. The van der Waals surface area contributed by atoms with Crippen LogP contribution in [0.25, 0.3) is 0 Å². The lowest BCUT2D eigenvalue weighted by Crippen LogP contribution is -2.57. The van der Waals surface area contributed by atoms with Crippen LogP contribution >= 0.6 is 0 Å². The maximum atomic E-state index is 12.3. The first-order chi connectivity index (χ1) is 12.8. The molecule has 0 aliphatic rings. The largest absolute Gasteiger partial charge is 0.481 e. The minimum Gasteiger partial charge on any atom is -0.481 e. The smallest absolute Gasteiger partial charge is 0.325 e. The fraction of sp³-hybridized carbons (Fsp3) is 0.600. The molecule has 4 unspecified atom stereocenters. The van der Waals surface area contributed by atoms with E-state index in [0.717, 1.165) is 6.92 Å². The van der Waals surface area contributed by atoms with Crippen LogP contribution in [0.15, 0.2) is 0 Å². The summed E-state index contributed by atoms with van der Waals surface area (Å²) in [5.74, 6) is -6.90. The first-order valence-corrected chi connectivity index (χ1v) is 8.18. The van der Waals surface area contributed by atoms with Crippen LogP contribution in [0.4, 0.5) is 0 Å². The van der Waals surface area contributed by atoms with E-state index in [9.17, 15) is 28.8 Å². The number of nitrogens with one attached hydrogen (secondary N) is 3. The average molecular weight is 404 g/mol. The molecule has 13 nitrogen and oxygen atoms in total. The molecule has 3 amide bonds. The van der Waals surface area contributed by atoms with Gasteiger partial charge in [-0.15, -0.1) is 0 Å². The van der Waals surface area contributed by atoms with Gasteiger partial charge in [0.1, 0.15) is 18.1 Å². The molecule has 0 aromatic carbocycles. The van der Waals surface area contributed by atoms with Gasteiger partial charge in [-0.25, -0.2) is 0 Å². The number of carbonyl (C=O) groups is 6. The fourth-order valence-electron chi connectivity index (χ4n) is 1.87. The summed E-state index contributed by atoms with van der Waals surface area (Å²) in [7, 11) is 0. The molecule has 0 rings (SSSR count). The van der Waals surface area contributed by atoms with Crippen molar-refractivity contribution >= 4 is 35.6 Å². The van der Waals surface area contributed by atoms with E-state index in [4.69, 9.17) is 21.1 Å². The van der Waals surface area contributed by atoms with Crippen molar-refractivity contribution < 1.29 is 44.1 Å². The monoisotopic (exact) mass is 404 g/mol. The van der Waals surface area contributed by atoms with E-state index in [2.05, 4.69) is 16.0 Å². The summed E-state index contributed by atoms with van der Waals surface area (Å²) in [6.07, 6.45) is -1.74. The number of carboxylic acid groups (broad SMARTS) is 3. The summed E-state index contributed by atoms with van der Waals surface area (Å²) in [4.78, 5) is 68.7. The second-order valence-electron chi connectivity index (χ2n) is 6.01. The third-order valence-corrected chi connectivity index (χ3v) is 3.43. The highest BCUT2D eigenvalue weighted by molar-refractivity contribution is 5.95. The van der Waals surface area contributed by atoms with Gasteiger partial charge in [0.15, 0.2) is 0 Å². The Labute approximate surface area is 159 Å². The van der Waals surface area contributed by atoms with Gasteiger partial charge in [0.25, 0.3) is 0 Å². The molecule has 0 aliphatic carbocycles. The van der Waals surface area contributed by atoms with Gasteiger partial charge in [0, 0.05) is 6.42 Å². The Balaban J connectivity index is 5.34. The SMILES string of the molecule is CC(N)C(=O)NC(CC(=O)O)C(=O)NC(CCC(=O)O)C(=O)NC(C)C(=O)O. The molecule has 0 aliphatic heterocycles. The summed E-state index contributed by atoms with van der Waals surface area (Å²) in [6, 6.07) is -5.39. The Morgan fingerprint density at radius 3 is 1.71 bits per heavy atom. The molecule has 0 radical (unpaired) electrons. The van der Waals surface area contributed by atoms with E-state index < -0.39 is 72.6 Å². The van der Waals surface area contributed by atoms with Crippen LogP contribution in [0, 0.1) is 0 Å². The van der Waals surface area contributed by atoms with E-state index in [1.54, 1.807) is 0 Å². The van der Waals surface area contributed by atoms with Gasteiger partial charge in [0.2, 0.25) is 17.7 Å². The van der Waals surface area contributed by atoms with Crippen molar-refractivity contribution in [2.45, 2.75) is 57.3 Å². The molecule has 0 spiro atoms. The van der Waals surface area contributed by atoms with Gasteiger partial charge in [-0.2, -0.15) is 0 Å². The van der Waals surface area contributed by atoms with Crippen molar-refractivity contribution in [1.29, 1.82) is 0 Å². The molecule has 8 N–H and O–H groups in total. The Kier molecular flexibility index (Phi) is 10.2. The van der Waals surface area contributed by atoms with Crippen molar-refractivity contribution in [3.63, 3.8) is 0 Å². The first-order valence-electron chi connectivity index (χ1n) is 8.18. The van der Waals surface area contributed by atoms with Gasteiger partial charge < -0.3 is 37.0 Å². The zero-order chi connectivity index (χ0) is 22.0. The molecular formula is C15H24N4O9. The van der Waals surface area contributed by atoms with Crippen LogP contribution in [0.2, 0.25) is 0 Å². The Morgan fingerprint density at radius 2 is 1.29 bits per heavy atom. The van der Waals surface area contributed by atoms with Gasteiger partial charge in [0.05, 0.1) is 12.5 Å². The third-order valence-electron chi connectivity index (χ3n) is 3.43. The number of aliphatic carboxylic acids is 3. The van der Waals surface area contributed by atoms with Gasteiger partial charge in [-0.05, 0) is 20.3 Å². The zero-order valence-electron chi connectivity index (χ0n) is 15.3. The lowest BCUT2D eigenvalue weighted by atomic mass is 10.1. The minimum absolute atomic E-state index is 0.389. The van der Waals surface area contributed by atoms with Crippen LogP contribution < -0.4 is 21.7 Å². The first kappa shape index (κ1) is 24.8. The number of amides is 3. The maximum Gasteiger partial charge on any atom is 0.325 e. The summed E-state index contributed by atoms with van der Waals surface area (Å²) < 4.78 is 0. The number of nitrogens with two attached hydrogens (primary N) is 1. The zero-order valence-corrected chi connectivity index (χ0v) is 15.3. The topological polar surface area (TPSA) is 225 Å². The number of rotatable bonds is 12. The third kappa shape index (κ3) is 9.47. The van der Waals surface area contributed by atoms with Gasteiger partial charge in [-0.1, -0.05) is 0 Å². The number of carboxylic acids is 3. The summed E-state index contributed by atoms with van der Waals surface area (Å²) in [5, 5.41) is 32.8. The van der Waals surface area contributed by atoms with E-state index in [1.165, 1.54) is 6.92 Å². The predicted octanol–water partition coefficient (Wildman–Crippen LogP) is -2.77. The molecule has 4 atom stereocenters. The second kappa shape index (κ2) is 11.5. The number of carbonyl (C=O) groups excluding carboxylic acids is 3. The summed E-state index contributed by atoms with van der Waals surface area (Å²) in [5.41, 5.74) is 5.35. The average Bonchev–Trinajstić information content (AvgIpc) is 2.56. The lowest BCUT2D eigenvalue weighted by molar-refractivity contribution is -0.143. The van der Waals surface area contributed by atoms with E-state index in [-0.39, 0.29) is 6.42 Å². The molecule has 0 aromatic rings. The Morgan fingerprint density at radius 1 is 0.786 bits per heavy atom. The minimum atomic E-state index is -1.58. The summed E-state index contributed by atoms with van der Waals surface area (Å²) in [6.45, 7) is 2.47. The highest BCUT2D eigenvalue weighted by Crippen LogP contribution is 2.02. The molecule has 158 valence electrons. The Bertz CT molecular complexity index is 635. The van der Waals surface area contributed by atoms with Gasteiger partial charge >= 0.3 is 17.9 Å². The van der Waals surface area contributed by atoms with E-state index in [0.29, 0.717) is 0 Å². The lowest BCUT2D eigenvalue weighted by Gasteiger charge is -2.23. The molecule has 28 heavy (non-hydrogen) atoms. The van der Waals surface area contributed by atoms with Crippen molar-refractivity contribution in [3.8, 4) is 0 Å². The van der Waals surface area contributed by atoms with Crippen LogP contribution in [0.3, 0.4) is 0 Å². The molecule has 0 saturated carbocycles. The normalized spacial score (nSPS) is 14.7. The van der Waals surface area contributed by atoms with Crippen molar-refractivity contribution in [2.24, 2.45) is 5.73 Å². The molecule has 0 saturated heterocycles. The number of hydrogen-bond donors (Lipinski definition) is 7. The molecule has 0 aromatic heterocycles. The van der Waals surface area contributed by atoms with Crippen LogP contribution in [0.5, 0.6) is 0 Å². The van der Waals surface area contributed by atoms with Crippen molar-refractivity contribution in [2.75, 3.05) is 0 Å². The van der Waals surface area contributed by atoms with Gasteiger partial charge in [-0.3, -0.25) is 28.8 Å². The van der Waals surface area contributed by atoms with Crippen molar-refractivity contribution in [3.05, 3.63) is 0 Å². The second-order valence-corrected chi connectivity index (χ2v) is 6.01. The molecule has 0 heterocycles. The molecule has 13 heteroatoms. The Hall–Kier alpha value is -3.22. The quantitative estimate of drug-likeness (QED) is 0.177. The highest BCUT2D eigenvalue weighted by atomic mass is 16.4. The van der Waals surface area contributed by atoms with E-state index in [1.807, 2.05) is 0 Å². The predicted molar refractivity (Wildman–Crippen MR) is 91.9 cm³/mol. The highest BCUT2D eigenvalue weighted by Gasteiger charge is 2.30. The standard InChI is InChI=1S/C15H24N4O9/c1-6(16)12(24)19-9(5-11(22)23)14(26)18-8(3-4-10(20)21)13(25)17-7(2)15(27)28/h6-9H,3-5,16H2,1-2H3,(H,17,25)(H,18,26)(H,19,24)(H,20,21)(H,22,23)(H,27,28).